The molecule has 1 aromatic heterocycles. The smallest absolute Gasteiger partial charge is 0.246 e. The van der Waals surface area contributed by atoms with E-state index in [2.05, 4.69) is 14.9 Å². The third-order valence-corrected chi connectivity index (χ3v) is 8.12. The maximum Gasteiger partial charge on any atom is 0.246 e. The van der Waals surface area contributed by atoms with Gasteiger partial charge in [0.2, 0.25) is 15.9 Å². The zero-order chi connectivity index (χ0) is 20.9. The van der Waals surface area contributed by atoms with E-state index in [4.69, 9.17) is 16.3 Å². The van der Waals surface area contributed by atoms with E-state index in [1.807, 2.05) is 0 Å². The molecule has 3 heterocycles. The molecule has 3 fully saturated rings. The number of nitrogens with zero attached hydrogens (tertiary/aromatic N) is 4. The number of hydrogen-bond donors (Lipinski definition) is 0. The van der Waals surface area contributed by atoms with Gasteiger partial charge in [-0.05, 0) is 31.0 Å². The summed E-state index contributed by atoms with van der Waals surface area (Å²) in [5.74, 6) is 0.216. The van der Waals surface area contributed by atoms with E-state index in [9.17, 15) is 12.8 Å². The largest absolute Gasteiger partial charge is 0.472 e. The van der Waals surface area contributed by atoms with Crippen molar-refractivity contribution in [2.75, 3.05) is 26.2 Å². The Balaban J connectivity index is 1.24. The second kappa shape index (κ2) is 7.71. The highest BCUT2D eigenvalue weighted by molar-refractivity contribution is 7.89. The topological polar surface area (TPSA) is 75.6 Å². The molecule has 0 amide bonds. The molecule has 0 N–H and O–H groups in total. The molecule has 0 spiro atoms. The lowest BCUT2D eigenvalue weighted by Crippen LogP contribution is -2.52. The van der Waals surface area contributed by atoms with Gasteiger partial charge in [0, 0.05) is 49.6 Å². The highest BCUT2D eigenvalue weighted by atomic mass is 35.5. The Morgan fingerprint density at radius 3 is 2.67 bits per heavy atom. The average Bonchev–Trinajstić information content (AvgIpc) is 3.48. The second-order valence-electron chi connectivity index (χ2n) is 8.12. The van der Waals surface area contributed by atoms with Gasteiger partial charge in [0.05, 0.1) is 18.1 Å². The van der Waals surface area contributed by atoms with Crippen LogP contribution in [0.1, 0.15) is 30.9 Å². The van der Waals surface area contributed by atoms with Crippen LogP contribution in [0.25, 0.3) is 0 Å². The minimum Gasteiger partial charge on any atom is -0.472 e. The van der Waals surface area contributed by atoms with Crippen LogP contribution in [0.2, 0.25) is 5.02 Å². The van der Waals surface area contributed by atoms with Crippen LogP contribution in [0.15, 0.2) is 35.5 Å². The predicted octanol–water partition coefficient (Wildman–Crippen LogP) is 2.67. The Labute approximate surface area is 179 Å². The summed E-state index contributed by atoms with van der Waals surface area (Å²) in [4.78, 5) is 10.7. The lowest BCUT2D eigenvalue weighted by Gasteiger charge is -2.36. The van der Waals surface area contributed by atoms with Crippen molar-refractivity contribution in [2.45, 2.75) is 42.2 Å². The van der Waals surface area contributed by atoms with Gasteiger partial charge in [0.15, 0.2) is 0 Å². The van der Waals surface area contributed by atoms with Gasteiger partial charge in [0.1, 0.15) is 16.8 Å². The molecule has 1 aromatic carbocycles. The number of ether oxygens (including phenoxy) is 1. The van der Waals surface area contributed by atoms with Crippen molar-refractivity contribution in [1.29, 1.82) is 0 Å². The molecule has 2 atom stereocenters. The normalized spacial score (nSPS) is 25.3. The van der Waals surface area contributed by atoms with Gasteiger partial charge in [0.25, 0.3) is 0 Å². The molecule has 0 radical (unpaired) electrons. The first-order chi connectivity index (χ1) is 14.4. The molecule has 0 unspecified atom stereocenters. The third-order valence-electron chi connectivity index (χ3n) is 5.98. The lowest BCUT2D eigenvalue weighted by atomic mass is 10.2. The Hall–Kier alpha value is -1.81. The van der Waals surface area contributed by atoms with Crippen molar-refractivity contribution in [2.24, 2.45) is 0 Å². The van der Waals surface area contributed by atoms with Crippen molar-refractivity contribution in [3.05, 3.63) is 47.1 Å². The van der Waals surface area contributed by atoms with Gasteiger partial charge in [-0.2, -0.15) is 4.31 Å². The Bertz CT molecular complexity index is 1050. The number of fused-ring (bicyclic) bond motifs is 1. The van der Waals surface area contributed by atoms with Crippen molar-refractivity contribution in [3.8, 4) is 5.88 Å². The van der Waals surface area contributed by atoms with E-state index in [1.165, 1.54) is 29.3 Å². The molecular weight excluding hydrogens is 431 g/mol. The minimum atomic E-state index is -3.92. The van der Waals surface area contributed by atoms with Crippen LogP contribution in [0, 0.1) is 5.82 Å². The molecule has 2 saturated heterocycles. The van der Waals surface area contributed by atoms with E-state index < -0.39 is 15.8 Å². The zero-order valence-electron chi connectivity index (χ0n) is 16.2. The van der Waals surface area contributed by atoms with Gasteiger partial charge in [-0.1, -0.05) is 11.6 Å². The summed E-state index contributed by atoms with van der Waals surface area (Å²) in [5.41, 5.74) is 1.02. The highest BCUT2D eigenvalue weighted by Gasteiger charge is 2.41. The molecule has 160 valence electrons. The van der Waals surface area contributed by atoms with E-state index in [-0.39, 0.29) is 22.1 Å². The first-order valence-corrected chi connectivity index (χ1v) is 11.9. The zero-order valence-corrected chi connectivity index (χ0v) is 17.8. The summed E-state index contributed by atoms with van der Waals surface area (Å²) >= 11 is 5.76. The maximum absolute atomic E-state index is 14.2. The molecule has 1 aliphatic carbocycles. The predicted molar refractivity (Wildman–Crippen MR) is 109 cm³/mol. The molecule has 7 nitrogen and oxygen atoms in total. The van der Waals surface area contributed by atoms with Crippen LogP contribution in [-0.4, -0.2) is 65.9 Å². The molecule has 3 aliphatic rings. The van der Waals surface area contributed by atoms with Gasteiger partial charge in [-0.25, -0.2) is 17.8 Å². The number of rotatable bonds is 5. The van der Waals surface area contributed by atoms with Crippen LogP contribution in [-0.2, 0) is 10.0 Å². The molecule has 10 heteroatoms. The standard InChI is InChI=1S/C20H22ClFN4O3S/c21-14-3-4-19(17(22)7-14)30(27,28)26-6-5-25-12-16(8-15(25)11-26)29-20-10-23-18(9-24-20)13-1-2-13/h3-4,7,9-10,13,15-16H,1-2,5-6,8,11-12H2/t15-,16-/m0/s1. The summed E-state index contributed by atoms with van der Waals surface area (Å²) in [5, 5.41) is 0.167. The number of benzene rings is 1. The molecule has 2 aliphatic heterocycles. The Kier molecular flexibility index (Phi) is 5.17. The van der Waals surface area contributed by atoms with Gasteiger partial charge in [-0.3, -0.25) is 9.88 Å². The van der Waals surface area contributed by atoms with Crippen molar-refractivity contribution in [1.82, 2.24) is 19.2 Å². The summed E-state index contributed by atoms with van der Waals surface area (Å²) in [6.45, 7) is 1.89. The molecule has 30 heavy (non-hydrogen) atoms. The summed E-state index contributed by atoms with van der Waals surface area (Å²) in [6.07, 6.45) is 6.41. The van der Waals surface area contributed by atoms with Crippen LogP contribution < -0.4 is 4.74 Å². The van der Waals surface area contributed by atoms with Gasteiger partial charge < -0.3 is 4.74 Å². The Morgan fingerprint density at radius 1 is 1.13 bits per heavy atom. The molecule has 5 rings (SSSR count). The van der Waals surface area contributed by atoms with Crippen LogP contribution in [0.5, 0.6) is 5.88 Å². The van der Waals surface area contributed by atoms with Crippen LogP contribution >= 0.6 is 11.6 Å². The Morgan fingerprint density at radius 2 is 1.97 bits per heavy atom. The summed E-state index contributed by atoms with van der Waals surface area (Å²) in [6, 6.07) is 3.67. The number of halogens is 2. The van der Waals surface area contributed by atoms with Crippen LogP contribution in [0.4, 0.5) is 4.39 Å². The summed E-state index contributed by atoms with van der Waals surface area (Å²) < 4.78 is 47.5. The molecular formula is C20H22ClFN4O3S. The third kappa shape index (κ3) is 3.91. The molecule has 2 aromatic rings. The quantitative estimate of drug-likeness (QED) is 0.694. The molecule has 1 saturated carbocycles. The molecule has 0 bridgehead atoms. The van der Waals surface area contributed by atoms with Gasteiger partial charge >= 0.3 is 0 Å². The second-order valence-corrected chi connectivity index (χ2v) is 10.5. The maximum atomic E-state index is 14.2. The minimum absolute atomic E-state index is 0.0209. The van der Waals surface area contributed by atoms with Crippen molar-refractivity contribution < 1.29 is 17.5 Å². The van der Waals surface area contributed by atoms with Crippen molar-refractivity contribution >= 4 is 21.6 Å². The highest BCUT2D eigenvalue weighted by Crippen LogP contribution is 2.38. The fraction of sp³-hybridized carbons (Fsp3) is 0.500. The lowest BCUT2D eigenvalue weighted by molar-refractivity contribution is 0.151. The first-order valence-electron chi connectivity index (χ1n) is 10.1. The number of hydrogen-bond acceptors (Lipinski definition) is 6. The average molecular weight is 453 g/mol. The van der Waals surface area contributed by atoms with E-state index in [0.717, 1.165) is 11.8 Å². The SMILES string of the molecule is O=S(=O)(c1ccc(Cl)cc1F)N1CCN2C[C@@H](Oc3cnc(C4CC4)cn3)C[C@H]2C1. The summed E-state index contributed by atoms with van der Waals surface area (Å²) in [7, 11) is -3.92. The van der Waals surface area contributed by atoms with Crippen LogP contribution in [0.3, 0.4) is 0 Å². The monoisotopic (exact) mass is 452 g/mol. The van der Waals surface area contributed by atoms with Gasteiger partial charge in [-0.15, -0.1) is 0 Å². The number of aromatic nitrogens is 2. The fourth-order valence-corrected chi connectivity index (χ4v) is 5.92. The number of piperazine rings is 1. The fourth-order valence-electron chi connectivity index (χ4n) is 4.24. The number of sulfonamides is 1. The first kappa shape index (κ1) is 20.1. The van der Waals surface area contributed by atoms with Crippen molar-refractivity contribution in [3.63, 3.8) is 0 Å². The van der Waals surface area contributed by atoms with E-state index >= 15 is 0 Å². The van der Waals surface area contributed by atoms with E-state index in [0.29, 0.717) is 44.4 Å². The van der Waals surface area contributed by atoms with E-state index in [1.54, 1.807) is 12.4 Å².